The van der Waals surface area contributed by atoms with E-state index in [2.05, 4.69) is 10.3 Å². The standard InChI is InChI=1S/C19H19ClN2O3/c1-12(18(23)22-16-7-4-10-21-17(16)20)25-19(24)15-9-8-13-5-2-3-6-14(13)11-15/h4,7-12H,2-3,5-6H2,1H3,(H,22,23)/t12-/m1/s1. The van der Waals surface area contributed by atoms with Gasteiger partial charge in [0.2, 0.25) is 0 Å². The van der Waals surface area contributed by atoms with Crippen LogP contribution in [0, 0.1) is 0 Å². The van der Waals surface area contributed by atoms with E-state index in [-0.39, 0.29) is 5.15 Å². The van der Waals surface area contributed by atoms with Crippen LogP contribution in [0.4, 0.5) is 5.69 Å². The molecule has 6 heteroatoms. The van der Waals surface area contributed by atoms with Crippen LogP contribution in [0.1, 0.15) is 41.3 Å². The van der Waals surface area contributed by atoms with Gasteiger partial charge in [0.25, 0.3) is 5.91 Å². The fourth-order valence-corrected chi connectivity index (χ4v) is 3.02. The average molecular weight is 359 g/mol. The van der Waals surface area contributed by atoms with Crippen molar-refractivity contribution in [1.82, 2.24) is 4.98 Å². The Morgan fingerprint density at radius 2 is 1.96 bits per heavy atom. The van der Waals surface area contributed by atoms with Crippen molar-refractivity contribution in [1.29, 1.82) is 0 Å². The Morgan fingerprint density at radius 3 is 2.72 bits per heavy atom. The van der Waals surface area contributed by atoms with Crippen LogP contribution >= 0.6 is 11.6 Å². The number of benzene rings is 1. The molecule has 1 aromatic heterocycles. The number of esters is 1. The molecule has 25 heavy (non-hydrogen) atoms. The molecule has 1 aliphatic rings. The van der Waals surface area contributed by atoms with Crippen molar-refractivity contribution in [3.8, 4) is 0 Å². The number of rotatable bonds is 4. The van der Waals surface area contributed by atoms with Crippen LogP contribution in [0.3, 0.4) is 0 Å². The Labute approximate surface area is 151 Å². The SMILES string of the molecule is C[C@@H](OC(=O)c1ccc2c(c1)CCCC2)C(=O)Nc1cccnc1Cl. The molecule has 0 fully saturated rings. The number of carbonyl (C=O) groups is 2. The summed E-state index contributed by atoms with van der Waals surface area (Å²) in [5, 5.41) is 2.79. The number of anilines is 1. The van der Waals surface area contributed by atoms with E-state index < -0.39 is 18.0 Å². The number of aryl methyl sites for hydroxylation is 2. The van der Waals surface area contributed by atoms with Crippen molar-refractivity contribution < 1.29 is 14.3 Å². The van der Waals surface area contributed by atoms with Gasteiger partial charge in [0.15, 0.2) is 11.3 Å². The summed E-state index contributed by atoms with van der Waals surface area (Å²) in [7, 11) is 0. The van der Waals surface area contributed by atoms with E-state index in [0.29, 0.717) is 11.3 Å². The van der Waals surface area contributed by atoms with E-state index in [1.165, 1.54) is 30.7 Å². The van der Waals surface area contributed by atoms with E-state index in [0.717, 1.165) is 19.3 Å². The van der Waals surface area contributed by atoms with Crippen LogP contribution in [-0.2, 0) is 22.4 Å². The number of pyridine rings is 1. The van der Waals surface area contributed by atoms with Gasteiger partial charge in [-0.2, -0.15) is 0 Å². The van der Waals surface area contributed by atoms with Crippen LogP contribution < -0.4 is 5.32 Å². The zero-order chi connectivity index (χ0) is 17.8. The number of aromatic nitrogens is 1. The lowest BCUT2D eigenvalue weighted by atomic mass is 9.90. The molecule has 2 aromatic rings. The van der Waals surface area contributed by atoms with Crippen molar-refractivity contribution in [2.24, 2.45) is 0 Å². The smallest absolute Gasteiger partial charge is 0.338 e. The van der Waals surface area contributed by atoms with Gasteiger partial charge in [0, 0.05) is 6.20 Å². The first-order valence-electron chi connectivity index (χ1n) is 8.29. The Bertz CT molecular complexity index is 807. The van der Waals surface area contributed by atoms with Gasteiger partial charge in [-0.25, -0.2) is 9.78 Å². The maximum Gasteiger partial charge on any atom is 0.338 e. The van der Waals surface area contributed by atoms with E-state index in [1.54, 1.807) is 18.2 Å². The summed E-state index contributed by atoms with van der Waals surface area (Å²) in [6.07, 6.45) is 4.93. The van der Waals surface area contributed by atoms with Crippen molar-refractivity contribution in [3.63, 3.8) is 0 Å². The first-order chi connectivity index (χ1) is 12.0. The van der Waals surface area contributed by atoms with Crippen LogP contribution in [0.5, 0.6) is 0 Å². The summed E-state index contributed by atoms with van der Waals surface area (Å²) in [5.74, 6) is -0.963. The normalized spacial score (nSPS) is 14.3. The number of fused-ring (bicyclic) bond motifs is 1. The number of hydrogen-bond donors (Lipinski definition) is 1. The first kappa shape index (κ1) is 17.4. The molecular weight excluding hydrogens is 340 g/mol. The summed E-state index contributed by atoms with van der Waals surface area (Å²) in [4.78, 5) is 28.4. The second-order valence-corrected chi connectivity index (χ2v) is 6.43. The highest BCUT2D eigenvalue weighted by Gasteiger charge is 2.21. The highest BCUT2D eigenvalue weighted by atomic mass is 35.5. The molecule has 5 nitrogen and oxygen atoms in total. The topological polar surface area (TPSA) is 68.3 Å². The van der Waals surface area contributed by atoms with Crippen LogP contribution in [0.25, 0.3) is 0 Å². The number of carbonyl (C=O) groups excluding carboxylic acids is 2. The fraction of sp³-hybridized carbons (Fsp3) is 0.316. The van der Waals surface area contributed by atoms with Crippen molar-refractivity contribution in [3.05, 3.63) is 58.4 Å². The molecule has 0 saturated heterocycles. The summed E-state index contributed by atoms with van der Waals surface area (Å²) in [6.45, 7) is 1.52. The molecule has 1 N–H and O–H groups in total. The lowest BCUT2D eigenvalue weighted by Gasteiger charge is -2.17. The second-order valence-electron chi connectivity index (χ2n) is 6.07. The number of amides is 1. The van der Waals surface area contributed by atoms with Gasteiger partial charge in [-0.3, -0.25) is 4.79 Å². The third kappa shape index (κ3) is 4.17. The largest absolute Gasteiger partial charge is 0.449 e. The van der Waals surface area contributed by atoms with Gasteiger partial charge in [-0.1, -0.05) is 17.7 Å². The van der Waals surface area contributed by atoms with Gasteiger partial charge in [0.05, 0.1) is 11.3 Å². The van der Waals surface area contributed by atoms with Crippen molar-refractivity contribution in [2.45, 2.75) is 38.7 Å². The lowest BCUT2D eigenvalue weighted by molar-refractivity contribution is -0.123. The second kappa shape index (κ2) is 7.66. The monoisotopic (exact) mass is 358 g/mol. The minimum Gasteiger partial charge on any atom is -0.449 e. The number of nitrogens with zero attached hydrogens (tertiary/aromatic N) is 1. The number of halogens is 1. The van der Waals surface area contributed by atoms with E-state index in [9.17, 15) is 9.59 Å². The molecule has 0 saturated carbocycles. The van der Waals surface area contributed by atoms with Gasteiger partial charge >= 0.3 is 5.97 Å². The number of ether oxygens (including phenoxy) is 1. The molecule has 0 bridgehead atoms. The van der Waals surface area contributed by atoms with Gasteiger partial charge < -0.3 is 10.1 Å². The van der Waals surface area contributed by atoms with E-state index in [1.807, 2.05) is 12.1 Å². The molecule has 130 valence electrons. The molecule has 0 radical (unpaired) electrons. The number of nitrogens with one attached hydrogen (secondary N) is 1. The first-order valence-corrected chi connectivity index (χ1v) is 8.66. The van der Waals surface area contributed by atoms with E-state index in [4.69, 9.17) is 16.3 Å². The molecule has 0 aliphatic heterocycles. The predicted octanol–water partition coefficient (Wildman–Crippen LogP) is 3.80. The lowest BCUT2D eigenvalue weighted by Crippen LogP contribution is -2.30. The summed E-state index contributed by atoms with van der Waals surface area (Å²) in [6, 6.07) is 8.90. The minimum atomic E-state index is -0.945. The van der Waals surface area contributed by atoms with Gasteiger partial charge in [-0.15, -0.1) is 0 Å². The maximum atomic E-state index is 12.3. The third-order valence-corrected chi connectivity index (χ3v) is 4.56. The summed E-state index contributed by atoms with van der Waals surface area (Å²) in [5.41, 5.74) is 3.34. The molecule has 1 amide bonds. The third-order valence-electron chi connectivity index (χ3n) is 4.25. The summed E-state index contributed by atoms with van der Waals surface area (Å²) < 4.78 is 5.29. The van der Waals surface area contributed by atoms with Crippen LogP contribution in [0.15, 0.2) is 36.5 Å². The Kier molecular flexibility index (Phi) is 5.34. The molecule has 1 heterocycles. The maximum absolute atomic E-state index is 12.3. The van der Waals surface area contributed by atoms with Crippen LogP contribution in [-0.4, -0.2) is 23.0 Å². The molecule has 1 aromatic carbocycles. The zero-order valence-corrected chi connectivity index (χ0v) is 14.7. The zero-order valence-electron chi connectivity index (χ0n) is 13.9. The molecule has 1 aliphatic carbocycles. The molecule has 0 unspecified atom stereocenters. The molecular formula is C19H19ClN2O3. The predicted molar refractivity (Wildman–Crippen MR) is 95.8 cm³/mol. The average Bonchev–Trinajstić information content (AvgIpc) is 2.63. The van der Waals surface area contributed by atoms with Gasteiger partial charge in [0.1, 0.15) is 0 Å². The summed E-state index contributed by atoms with van der Waals surface area (Å²) >= 11 is 5.91. The highest BCUT2D eigenvalue weighted by Crippen LogP contribution is 2.23. The van der Waals surface area contributed by atoms with Crippen molar-refractivity contribution >= 4 is 29.2 Å². The number of hydrogen-bond acceptors (Lipinski definition) is 4. The molecule has 1 atom stereocenters. The van der Waals surface area contributed by atoms with Gasteiger partial charge in [-0.05, 0) is 68.0 Å². The quantitative estimate of drug-likeness (QED) is 0.666. The molecule has 0 spiro atoms. The molecule has 3 rings (SSSR count). The Hall–Kier alpha value is -2.40. The minimum absolute atomic E-state index is 0.184. The Balaban J connectivity index is 1.64. The Morgan fingerprint density at radius 1 is 1.20 bits per heavy atom. The fourth-order valence-electron chi connectivity index (χ4n) is 2.86. The van der Waals surface area contributed by atoms with Crippen LogP contribution in [0.2, 0.25) is 5.15 Å². The van der Waals surface area contributed by atoms with E-state index >= 15 is 0 Å². The highest BCUT2D eigenvalue weighted by molar-refractivity contribution is 6.32. The van der Waals surface area contributed by atoms with Crippen molar-refractivity contribution in [2.75, 3.05) is 5.32 Å².